The van der Waals surface area contributed by atoms with E-state index < -0.39 is 0 Å². The molecule has 5 rings (SSSR count). The summed E-state index contributed by atoms with van der Waals surface area (Å²) in [6.45, 7) is 0.626. The van der Waals surface area contributed by atoms with E-state index in [0.717, 1.165) is 29.0 Å². The van der Waals surface area contributed by atoms with Gasteiger partial charge in [0.2, 0.25) is 5.91 Å². The minimum Gasteiger partial charge on any atom is -0.339 e. The summed E-state index contributed by atoms with van der Waals surface area (Å²) in [7, 11) is 0. The van der Waals surface area contributed by atoms with Gasteiger partial charge in [0.05, 0.1) is 11.4 Å². The number of anilines is 3. The molecule has 32 heavy (non-hydrogen) atoms. The van der Waals surface area contributed by atoms with Gasteiger partial charge < -0.3 is 10.2 Å². The molecule has 3 nitrogen and oxygen atoms in total. The number of hydrogen-bond acceptors (Lipinski definition) is 3. The quantitative estimate of drug-likeness (QED) is 0.356. The zero-order chi connectivity index (χ0) is 21.8. The van der Waals surface area contributed by atoms with Crippen LogP contribution in [-0.4, -0.2) is 12.5 Å². The van der Waals surface area contributed by atoms with Crippen LogP contribution in [0.15, 0.2) is 113 Å². The van der Waals surface area contributed by atoms with Crippen molar-refractivity contribution in [3.8, 4) is 0 Å². The molecule has 158 valence electrons. The van der Waals surface area contributed by atoms with Crippen LogP contribution in [0.1, 0.15) is 17.5 Å². The van der Waals surface area contributed by atoms with Crippen LogP contribution in [0.3, 0.4) is 0 Å². The van der Waals surface area contributed by atoms with E-state index in [1.165, 1.54) is 15.4 Å². The number of amides is 1. The number of hydrogen-bond donors (Lipinski definition) is 1. The van der Waals surface area contributed by atoms with E-state index in [9.17, 15) is 4.79 Å². The number of nitrogens with zero attached hydrogens (tertiary/aromatic N) is 1. The summed E-state index contributed by atoms with van der Waals surface area (Å²) >= 11 is 1.78. The Morgan fingerprint density at radius 3 is 2.03 bits per heavy atom. The van der Waals surface area contributed by atoms with Gasteiger partial charge in [0.25, 0.3) is 0 Å². The highest BCUT2D eigenvalue weighted by Gasteiger charge is 2.23. The van der Waals surface area contributed by atoms with Gasteiger partial charge in [-0.15, -0.1) is 0 Å². The second-order valence-corrected chi connectivity index (χ2v) is 8.89. The predicted molar refractivity (Wildman–Crippen MR) is 133 cm³/mol. The lowest BCUT2D eigenvalue weighted by Crippen LogP contribution is -2.26. The summed E-state index contributed by atoms with van der Waals surface area (Å²) < 4.78 is 0. The number of carbonyl (C=O) groups excluding carboxylic acids is 1. The number of benzene rings is 4. The Hall–Kier alpha value is -3.50. The Morgan fingerprint density at radius 1 is 0.719 bits per heavy atom. The Bertz CT molecular complexity index is 1190. The number of para-hydroxylation sites is 3. The molecule has 0 atom stereocenters. The van der Waals surface area contributed by atoms with E-state index >= 15 is 0 Å². The van der Waals surface area contributed by atoms with Gasteiger partial charge in [-0.25, -0.2) is 0 Å². The van der Waals surface area contributed by atoms with Crippen LogP contribution in [0.4, 0.5) is 17.1 Å². The second-order valence-electron chi connectivity index (χ2n) is 7.81. The highest BCUT2D eigenvalue weighted by Crippen LogP contribution is 2.47. The largest absolute Gasteiger partial charge is 0.339 e. The smallest absolute Gasteiger partial charge is 0.226 e. The number of fused-ring (bicyclic) bond motifs is 2. The molecule has 1 amide bonds. The van der Waals surface area contributed by atoms with Crippen molar-refractivity contribution in [2.24, 2.45) is 0 Å². The van der Waals surface area contributed by atoms with Crippen molar-refractivity contribution >= 4 is 34.7 Å². The lowest BCUT2D eigenvalue weighted by molar-refractivity contribution is -0.116. The van der Waals surface area contributed by atoms with Gasteiger partial charge >= 0.3 is 0 Å². The molecule has 0 saturated heterocycles. The summed E-state index contributed by atoms with van der Waals surface area (Å²) in [4.78, 5) is 17.6. The van der Waals surface area contributed by atoms with Crippen LogP contribution >= 0.6 is 11.8 Å². The zero-order valence-electron chi connectivity index (χ0n) is 17.7. The SMILES string of the molecule is O=C(CCN1c2ccccc2Sc2ccccc21)Nc1ccccc1Cc1ccccc1. The molecule has 1 aliphatic rings. The monoisotopic (exact) mass is 436 g/mol. The van der Waals surface area contributed by atoms with Crippen molar-refractivity contribution in [3.05, 3.63) is 114 Å². The summed E-state index contributed by atoms with van der Waals surface area (Å²) in [5, 5.41) is 3.15. The van der Waals surface area contributed by atoms with E-state index in [1.54, 1.807) is 11.8 Å². The van der Waals surface area contributed by atoms with Crippen molar-refractivity contribution in [3.63, 3.8) is 0 Å². The molecule has 4 aromatic carbocycles. The maximum absolute atomic E-state index is 12.9. The highest BCUT2D eigenvalue weighted by molar-refractivity contribution is 7.99. The lowest BCUT2D eigenvalue weighted by Gasteiger charge is -2.32. The minimum atomic E-state index is 0.0266. The maximum atomic E-state index is 12.9. The van der Waals surface area contributed by atoms with Crippen LogP contribution in [0.5, 0.6) is 0 Å². The fourth-order valence-electron chi connectivity index (χ4n) is 4.06. The van der Waals surface area contributed by atoms with Gasteiger partial charge in [0.1, 0.15) is 0 Å². The molecule has 0 aliphatic carbocycles. The highest BCUT2D eigenvalue weighted by atomic mass is 32.2. The second kappa shape index (κ2) is 9.33. The Kier molecular flexibility index (Phi) is 5.95. The van der Waals surface area contributed by atoms with Crippen molar-refractivity contribution in [2.45, 2.75) is 22.6 Å². The Labute approximate surface area is 193 Å². The number of rotatable bonds is 6. The van der Waals surface area contributed by atoms with E-state index in [4.69, 9.17) is 0 Å². The maximum Gasteiger partial charge on any atom is 0.226 e. The van der Waals surface area contributed by atoms with Crippen molar-refractivity contribution < 1.29 is 4.79 Å². The molecule has 0 aromatic heterocycles. The topological polar surface area (TPSA) is 32.3 Å². The molecule has 0 unspecified atom stereocenters. The lowest BCUT2D eigenvalue weighted by atomic mass is 10.0. The van der Waals surface area contributed by atoms with Crippen molar-refractivity contribution in [1.82, 2.24) is 0 Å². The molecule has 0 spiro atoms. The molecule has 4 heteroatoms. The molecular formula is C28H24N2OS. The first-order chi connectivity index (χ1) is 15.8. The van der Waals surface area contributed by atoms with Crippen molar-refractivity contribution in [1.29, 1.82) is 0 Å². The van der Waals surface area contributed by atoms with Crippen LogP contribution in [0, 0.1) is 0 Å². The molecule has 0 fully saturated rings. The normalized spacial score (nSPS) is 12.1. The van der Waals surface area contributed by atoms with Crippen LogP contribution < -0.4 is 10.2 Å². The van der Waals surface area contributed by atoms with Crippen LogP contribution in [0.2, 0.25) is 0 Å². The average molecular weight is 437 g/mol. The first-order valence-electron chi connectivity index (χ1n) is 10.8. The van der Waals surface area contributed by atoms with Gasteiger partial charge in [-0.05, 0) is 47.9 Å². The van der Waals surface area contributed by atoms with E-state index in [1.807, 2.05) is 36.4 Å². The third-order valence-corrected chi connectivity index (χ3v) is 6.75. The first kappa shape index (κ1) is 20.4. The standard InChI is InChI=1S/C28H24N2OS/c31-28(29-23-13-5-4-12-22(23)20-21-10-2-1-3-11-21)18-19-30-24-14-6-8-16-26(24)32-27-17-9-7-15-25(27)30/h1-17H,18-20H2,(H,29,31). The summed E-state index contributed by atoms with van der Waals surface area (Å²) in [6, 6.07) is 35.2. The number of nitrogens with one attached hydrogen (secondary N) is 1. The Balaban J connectivity index is 1.31. The average Bonchev–Trinajstić information content (AvgIpc) is 2.83. The summed E-state index contributed by atoms with van der Waals surface area (Å²) in [6.07, 6.45) is 1.20. The number of carbonyl (C=O) groups is 1. The van der Waals surface area contributed by atoms with Crippen LogP contribution in [-0.2, 0) is 11.2 Å². The molecule has 1 heterocycles. The Morgan fingerprint density at radius 2 is 1.31 bits per heavy atom. The molecular weight excluding hydrogens is 412 g/mol. The van der Waals surface area contributed by atoms with Gasteiger partial charge in [0.15, 0.2) is 0 Å². The third-order valence-electron chi connectivity index (χ3n) is 5.62. The van der Waals surface area contributed by atoms with Gasteiger partial charge in [-0.2, -0.15) is 0 Å². The van der Waals surface area contributed by atoms with E-state index in [-0.39, 0.29) is 5.91 Å². The third kappa shape index (κ3) is 4.41. The zero-order valence-corrected chi connectivity index (χ0v) is 18.5. The van der Waals surface area contributed by atoms with Gasteiger partial charge in [0, 0.05) is 28.4 Å². The van der Waals surface area contributed by atoms with Crippen LogP contribution in [0.25, 0.3) is 0 Å². The van der Waals surface area contributed by atoms with Gasteiger partial charge in [-0.1, -0.05) is 84.6 Å². The fraction of sp³-hybridized carbons (Fsp3) is 0.107. The summed E-state index contributed by atoms with van der Waals surface area (Å²) in [5.74, 6) is 0.0266. The molecule has 1 N–H and O–H groups in total. The van der Waals surface area contributed by atoms with E-state index in [0.29, 0.717) is 13.0 Å². The molecule has 0 bridgehead atoms. The molecule has 0 saturated carbocycles. The molecule has 4 aromatic rings. The molecule has 1 aliphatic heterocycles. The predicted octanol–water partition coefficient (Wildman–Crippen LogP) is 6.91. The summed E-state index contributed by atoms with van der Waals surface area (Å²) in [5.41, 5.74) is 5.56. The fourth-order valence-corrected chi connectivity index (χ4v) is 5.16. The van der Waals surface area contributed by atoms with Gasteiger partial charge in [-0.3, -0.25) is 4.79 Å². The first-order valence-corrected chi connectivity index (χ1v) is 11.6. The minimum absolute atomic E-state index is 0.0266. The molecule has 0 radical (unpaired) electrons. The van der Waals surface area contributed by atoms with E-state index in [2.05, 4.69) is 76.9 Å². The van der Waals surface area contributed by atoms with Crippen molar-refractivity contribution in [2.75, 3.05) is 16.8 Å².